The van der Waals surface area contributed by atoms with E-state index in [-0.39, 0.29) is 5.91 Å². The van der Waals surface area contributed by atoms with Gasteiger partial charge in [-0.25, -0.2) is 4.98 Å². The third-order valence-electron chi connectivity index (χ3n) is 3.49. The first-order valence-electron chi connectivity index (χ1n) is 7.40. The molecular formula is C18H14Cl2N2O2S. The third kappa shape index (κ3) is 4.31. The number of anilines is 1. The van der Waals surface area contributed by atoms with Crippen molar-refractivity contribution < 1.29 is 9.53 Å². The lowest BCUT2D eigenvalue weighted by Crippen LogP contribution is -2.12. The number of ether oxygens (including phenoxy) is 1. The molecule has 0 fully saturated rings. The molecule has 2 aromatic carbocycles. The van der Waals surface area contributed by atoms with Gasteiger partial charge in [-0.1, -0.05) is 41.4 Å². The van der Waals surface area contributed by atoms with Gasteiger partial charge in [-0.3, -0.25) is 10.1 Å². The van der Waals surface area contributed by atoms with Crippen molar-refractivity contribution in [3.8, 4) is 5.75 Å². The highest BCUT2D eigenvalue weighted by molar-refractivity contribution is 7.15. The molecular weight excluding hydrogens is 379 g/mol. The molecule has 0 radical (unpaired) electrons. The predicted octanol–water partition coefficient (Wildman–Crippen LogP) is 5.30. The topological polar surface area (TPSA) is 51.2 Å². The average molecular weight is 393 g/mol. The molecule has 3 aromatic rings. The Balaban J connectivity index is 1.71. The highest BCUT2D eigenvalue weighted by atomic mass is 35.5. The molecule has 1 heterocycles. The van der Waals surface area contributed by atoms with Crippen LogP contribution in [0.1, 0.15) is 20.8 Å². The number of hydrogen-bond donors (Lipinski definition) is 1. The Morgan fingerprint density at radius 2 is 2.00 bits per heavy atom. The van der Waals surface area contributed by atoms with Crippen molar-refractivity contribution in [1.29, 1.82) is 0 Å². The minimum atomic E-state index is -0.257. The van der Waals surface area contributed by atoms with Gasteiger partial charge < -0.3 is 4.74 Å². The fraction of sp³-hybridized carbons (Fsp3) is 0.111. The number of aromatic nitrogens is 1. The van der Waals surface area contributed by atoms with Crippen LogP contribution in [0.2, 0.25) is 10.0 Å². The van der Waals surface area contributed by atoms with E-state index in [0.29, 0.717) is 32.9 Å². The number of carbonyl (C=O) groups excluding carboxylic acids is 1. The normalized spacial score (nSPS) is 10.5. The van der Waals surface area contributed by atoms with E-state index in [1.807, 2.05) is 18.2 Å². The van der Waals surface area contributed by atoms with Gasteiger partial charge in [0.1, 0.15) is 5.75 Å². The van der Waals surface area contributed by atoms with Gasteiger partial charge in [0.25, 0.3) is 5.91 Å². The van der Waals surface area contributed by atoms with Crippen LogP contribution in [0.3, 0.4) is 0 Å². The maximum atomic E-state index is 12.4. The number of thiazole rings is 1. The standard InChI is InChI=1S/C18H14Cl2N2O2S/c1-24-16-5-3-2-4-13(16)17(23)22-18-21-10-12(25-18)8-11-6-7-14(19)15(20)9-11/h2-7,9-10H,8H2,1H3,(H,21,22,23). The van der Waals surface area contributed by atoms with Crippen molar-refractivity contribution in [1.82, 2.24) is 4.98 Å². The highest BCUT2D eigenvalue weighted by Gasteiger charge is 2.13. The van der Waals surface area contributed by atoms with Crippen molar-refractivity contribution in [2.45, 2.75) is 6.42 Å². The van der Waals surface area contributed by atoms with E-state index >= 15 is 0 Å². The second-order valence-corrected chi connectivity index (χ2v) is 7.14. The fourth-order valence-corrected chi connectivity index (χ4v) is 3.46. The van der Waals surface area contributed by atoms with Gasteiger partial charge in [0.15, 0.2) is 5.13 Å². The zero-order valence-electron chi connectivity index (χ0n) is 13.3. The lowest BCUT2D eigenvalue weighted by molar-refractivity contribution is 0.102. The molecule has 1 amide bonds. The second kappa shape index (κ2) is 7.87. The molecule has 0 spiro atoms. The smallest absolute Gasteiger partial charge is 0.261 e. The van der Waals surface area contributed by atoms with Crippen molar-refractivity contribution in [3.05, 3.63) is 74.7 Å². The number of rotatable bonds is 5. The molecule has 7 heteroatoms. The Hall–Kier alpha value is -2.08. The van der Waals surface area contributed by atoms with E-state index in [1.165, 1.54) is 18.4 Å². The summed E-state index contributed by atoms with van der Waals surface area (Å²) in [5.41, 5.74) is 1.49. The number of para-hydroxylation sites is 1. The molecule has 0 bridgehead atoms. The lowest BCUT2D eigenvalue weighted by atomic mass is 10.1. The Morgan fingerprint density at radius 1 is 1.20 bits per heavy atom. The minimum absolute atomic E-state index is 0.257. The number of nitrogens with one attached hydrogen (secondary N) is 1. The van der Waals surface area contributed by atoms with Crippen molar-refractivity contribution in [3.63, 3.8) is 0 Å². The molecule has 25 heavy (non-hydrogen) atoms. The number of halogens is 2. The van der Waals surface area contributed by atoms with Crippen LogP contribution in [0.25, 0.3) is 0 Å². The molecule has 3 rings (SSSR count). The molecule has 0 atom stereocenters. The largest absolute Gasteiger partial charge is 0.496 e. The molecule has 1 aromatic heterocycles. The summed E-state index contributed by atoms with van der Waals surface area (Å²) < 4.78 is 5.21. The molecule has 128 valence electrons. The number of carbonyl (C=O) groups is 1. The zero-order chi connectivity index (χ0) is 17.8. The number of benzene rings is 2. The van der Waals surface area contributed by atoms with Crippen molar-refractivity contribution in [2.75, 3.05) is 12.4 Å². The monoisotopic (exact) mass is 392 g/mol. The molecule has 4 nitrogen and oxygen atoms in total. The number of hydrogen-bond acceptors (Lipinski definition) is 4. The van der Waals surface area contributed by atoms with Crippen LogP contribution in [0, 0.1) is 0 Å². The van der Waals surface area contributed by atoms with E-state index in [4.69, 9.17) is 27.9 Å². The molecule has 0 saturated carbocycles. The Labute approximate surface area is 159 Å². The first-order chi connectivity index (χ1) is 12.1. The lowest BCUT2D eigenvalue weighted by Gasteiger charge is -2.07. The molecule has 0 saturated heterocycles. The van der Waals surface area contributed by atoms with Crippen LogP contribution in [-0.4, -0.2) is 18.0 Å². The van der Waals surface area contributed by atoms with Crippen LogP contribution in [-0.2, 0) is 6.42 Å². The summed E-state index contributed by atoms with van der Waals surface area (Å²) in [4.78, 5) is 17.7. The van der Waals surface area contributed by atoms with Gasteiger partial charge >= 0.3 is 0 Å². The fourth-order valence-electron chi connectivity index (χ4n) is 2.29. The van der Waals surface area contributed by atoms with Crippen LogP contribution >= 0.6 is 34.5 Å². The first-order valence-corrected chi connectivity index (χ1v) is 8.97. The van der Waals surface area contributed by atoms with Crippen LogP contribution in [0.5, 0.6) is 5.75 Å². The van der Waals surface area contributed by atoms with Gasteiger partial charge in [0, 0.05) is 17.5 Å². The number of amides is 1. The number of methoxy groups -OCH3 is 1. The summed E-state index contributed by atoms with van der Waals surface area (Å²) in [6, 6.07) is 12.6. The third-order valence-corrected chi connectivity index (χ3v) is 5.14. The van der Waals surface area contributed by atoms with Gasteiger partial charge in [-0.2, -0.15) is 0 Å². The summed E-state index contributed by atoms with van der Waals surface area (Å²) in [5, 5.41) is 4.38. The molecule has 1 N–H and O–H groups in total. The second-order valence-electron chi connectivity index (χ2n) is 5.21. The van der Waals surface area contributed by atoms with Crippen LogP contribution in [0.4, 0.5) is 5.13 Å². The Kier molecular flexibility index (Phi) is 5.58. The SMILES string of the molecule is COc1ccccc1C(=O)Nc1ncc(Cc2ccc(Cl)c(Cl)c2)s1. The Bertz CT molecular complexity index is 912. The van der Waals surface area contributed by atoms with Crippen molar-refractivity contribution in [2.24, 2.45) is 0 Å². The summed E-state index contributed by atoms with van der Waals surface area (Å²) >= 11 is 13.4. The van der Waals surface area contributed by atoms with Gasteiger partial charge in [0.2, 0.25) is 0 Å². The summed E-state index contributed by atoms with van der Waals surface area (Å²) in [6.45, 7) is 0. The average Bonchev–Trinajstić information content (AvgIpc) is 3.05. The molecule has 0 aliphatic carbocycles. The highest BCUT2D eigenvalue weighted by Crippen LogP contribution is 2.27. The van der Waals surface area contributed by atoms with E-state index in [1.54, 1.807) is 30.5 Å². The van der Waals surface area contributed by atoms with Gasteiger partial charge in [-0.15, -0.1) is 11.3 Å². The zero-order valence-corrected chi connectivity index (χ0v) is 15.6. The molecule has 0 aliphatic rings. The van der Waals surface area contributed by atoms with Crippen LogP contribution in [0.15, 0.2) is 48.7 Å². The summed E-state index contributed by atoms with van der Waals surface area (Å²) in [7, 11) is 1.53. The van der Waals surface area contributed by atoms with E-state index in [0.717, 1.165) is 10.4 Å². The van der Waals surface area contributed by atoms with E-state index < -0.39 is 0 Å². The predicted molar refractivity (Wildman–Crippen MR) is 102 cm³/mol. The Morgan fingerprint density at radius 3 is 2.76 bits per heavy atom. The minimum Gasteiger partial charge on any atom is -0.496 e. The molecule has 0 unspecified atom stereocenters. The van der Waals surface area contributed by atoms with Crippen molar-refractivity contribution >= 4 is 45.6 Å². The summed E-state index contributed by atoms with van der Waals surface area (Å²) in [5.74, 6) is 0.264. The van der Waals surface area contributed by atoms with Gasteiger partial charge in [-0.05, 0) is 29.8 Å². The van der Waals surface area contributed by atoms with Gasteiger partial charge in [0.05, 0.1) is 22.7 Å². The van der Waals surface area contributed by atoms with Crippen LogP contribution < -0.4 is 10.1 Å². The number of nitrogens with zero attached hydrogens (tertiary/aromatic N) is 1. The quantitative estimate of drug-likeness (QED) is 0.640. The molecule has 0 aliphatic heterocycles. The summed E-state index contributed by atoms with van der Waals surface area (Å²) in [6.07, 6.45) is 2.41. The van der Waals surface area contributed by atoms with E-state index in [2.05, 4.69) is 10.3 Å². The maximum absolute atomic E-state index is 12.4. The van der Waals surface area contributed by atoms with E-state index in [9.17, 15) is 4.79 Å². The maximum Gasteiger partial charge on any atom is 0.261 e. The first kappa shape index (κ1) is 17.7.